The number of hydrogen-bond acceptors (Lipinski definition) is 1. The largest absolute Gasteiger partial charge is 0.359 e. The summed E-state index contributed by atoms with van der Waals surface area (Å²) in [5.41, 5.74) is 0. The Morgan fingerprint density at radius 2 is 1.64 bits per heavy atom. The average Bonchev–Trinajstić information content (AvgIpc) is 2.49. The van der Waals surface area contributed by atoms with Crippen molar-refractivity contribution in [3.05, 3.63) is 0 Å². The Bertz CT molecular complexity index is 158. The molecule has 1 rings (SSSR count). The summed E-state index contributed by atoms with van der Waals surface area (Å²) in [5, 5.41) is 2.68. The van der Waals surface area contributed by atoms with Crippen LogP contribution in [0.4, 0.5) is 0 Å². The lowest BCUT2D eigenvalue weighted by molar-refractivity contribution is -0.121. The molecule has 1 aliphatic rings. The summed E-state index contributed by atoms with van der Waals surface area (Å²) in [6.45, 7) is 8.57. The van der Waals surface area contributed by atoms with Gasteiger partial charge in [0.15, 0.2) is 0 Å². The summed E-state index contributed by atoms with van der Waals surface area (Å²) < 4.78 is 0. The minimum Gasteiger partial charge on any atom is -0.359 e. The molecule has 2 nitrogen and oxygen atoms in total. The smallest absolute Gasteiger partial charge is 0.220 e. The summed E-state index contributed by atoms with van der Waals surface area (Å²) in [6.07, 6.45) is 3.19. The van der Waals surface area contributed by atoms with Gasteiger partial charge in [-0.3, -0.25) is 4.79 Å². The van der Waals surface area contributed by atoms with E-state index in [0.29, 0.717) is 5.92 Å². The molecule has 0 radical (unpaired) electrons. The van der Waals surface area contributed by atoms with Crippen molar-refractivity contribution in [2.75, 3.05) is 7.05 Å². The minimum absolute atomic E-state index is 0.196. The fourth-order valence-corrected chi connectivity index (χ4v) is 2.14. The molecule has 0 aromatic carbocycles. The fraction of sp³-hybridized carbons (Fsp3) is 0.917. The molecule has 84 valence electrons. The number of amides is 1. The third-order valence-corrected chi connectivity index (χ3v) is 3.13. The molecule has 0 aromatic rings. The Balaban J connectivity index is 0.000000791. The van der Waals surface area contributed by atoms with E-state index in [2.05, 4.69) is 19.2 Å². The first-order valence-electron chi connectivity index (χ1n) is 5.84. The Morgan fingerprint density at radius 1 is 1.21 bits per heavy atom. The van der Waals surface area contributed by atoms with Crippen LogP contribution in [0.2, 0.25) is 0 Å². The minimum atomic E-state index is 0.196. The molecule has 2 unspecified atom stereocenters. The van der Waals surface area contributed by atoms with E-state index in [1.165, 1.54) is 12.8 Å². The normalized spacial score (nSPS) is 30.5. The first kappa shape index (κ1) is 13.5. The topological polar surface area (TPSA) is 29.1 Å². The van der Waals surface area contributed by atoms with Crippen molar-refractivity contribution in [1.29, 1.82) is 0 Å². The Morgan fingerprint density at radius 3 is 2.00 bits per heavy atom. The van der Waals surface area contributed by atoms with Crippen LogP contribution in [0.15, 0.2) is 0 Å². The van der Waals surface area contributed by atoms with Crippen LogP contribution in [-0.4, -0.2) is 13.0 Å². The van der Waals surface area contributed by atoms with Gasteiger partial charge in [-0.25, -0.2) is 0 Å². The Hall–Kier alpha value is -0.530. The van der Waals surface area contributed by atoms with Crippen molar-refractivity contribution in [2.24, 2.45) is 17.8 Å². The quantitative estimate of drug-likeness (QED) is 0.728. The average molecular weight is 199 g/mol. The maximum Gasteiger partial charge on any atom is 0.220 e. The number of hydrogen-bond donors (Lipinski definition) is 1. The molecule has 0 bridgehead atoms. The molecule has 1 aliphatic carbocycles. The van der Waals surface area contributed by atoms with Crippen molar-refractivity contribution in [1.82, 2.24) is 5.32 Å². The van der Waals surface area contributed by atoms with E-state index in [4.69, 9.17) is 0 Å². The highest BCUT2D eigenvalue weighted by molar-refractivity contribution is 5.75. The molecule has 0 aromatic heterocycles. The fourth-order valence-electron chi connectivity index (χ4n) is 2.14. The van der Waals surface area contributed by atoms with Gasteiger partial charge in [0.25, 0.3) is 0 Å². The van der Waals surface area contributed by atoms with E-state index in [1.54, 1.807) is 7.05 Å². The molecule has 0 saturated heterocycles. The van der Waals surface area contributed by atoms with Crippen LogP contribution < -0.4 is 5.32 Å². The maximum atomic E-state index is 11.1. The third-order valence-electron chi connectivity index (χ3n) is 3.13. The van der Waals surface area contributed by atoms with E-state index >= 15 is 0 Å². The van der Waals surface area contributed by atoms with E-state index in [1.807, 2.05) is 13.8 Å². The molecule has 14 heavy (non-hydrogen) atoms. The van der Waals surface area contributed by atoms with Gasteiger partial charge in [0, 0.05) is 13.5 Å². The molecule has 1 amide bonds. The highest BCUT2D eigenvalue weighted by atomic mass is 16.1. The molecule has 1 N–H and O–H groups in total. The summed E-state index contributed by atoms with van der Waals surface area (Å²) in [7, 11) is 1.71. The van der Waals surface area contributed by atoms with Crippen LogP contribution in [0, 0.1) is 17.8 Å². The maximum absolute atomic E-state index is 11.1. The SMILES string of the molecule is CC.CNC(=O)CC1CC(C)[C@@H](C)C1. The molecule has 0 spiro atoms. The van der Waals surface area contributed by atoms with Gasteiger partial charge in [0.05, 0.1) is 0 Å². The second kappa shape index (κ2) is 6.86. The zero-order valence-corrected chi connectivity index (χ0v) is 10.3. The second-order valence-electron chi connectivity index (χ2n) is 4.17. The molecule has 2 heteroatoms. The molecule has 1 fully saturated rings. The Kier molecular flexibility index (Phi) is 6.60. The zero-order chi connectivity index (χ0) is 11.1. The van der Waals surface area contributed by atoms with Gasteiger partial charge in [0.1, 0.15) is 0 Å². The van der Waals surface area contributed by atoms with Gasteiger partial charge in [-0.1, -0.05) is 27.7 Å². The molecule has 1 saturated carbocycles. The van der Waals surface area contributed by atoms with E-state index in [9.17, 15) is 4.79 Å². The third kappa shape index (κ3) is 4.12. The summed E-state index contributed by atoms with van der Waals surface area (Å²) in [5.74, 6) is 2.44. The van der Waals surface area contributed by atoms with Crippen molar-refractivity contribution in [3.8, 4) is 0 Å². The van der Waals surface area contributed by atoms with Crippen LogP contribution in [0.1, 0.15) is 47.0 Å². The van der Waals surface area contributed by atoms with Gasteiger partial charge >= 0.3 is 0 Å². The van der Waals surface area contributed by atoms with Crippen LogP contribution in [0.25, 0.3) is 0 Å². The molecule has 0 aliphatic heterocycles. The van der Waals surface area contributed by atoms with Gasteiger partial charge in [-0.15, -0.1) is 0 Å². The second-order valence-corrected chi connectivity index (χ2v) is 4.17. The highest BCUT2D eigenvalue weighted by Gasteiger charge is 2.28. The van der Waals surface area contributed by atoms with Gasteiger partial charge in [0.2, 0.25) is 5.91 Å². The van der Waals surface area contributed by atoms with Crippen LogP contribution in [0.5, 0.6) is 0 Å². The van der Waals surface area contributed by atoms with Crippen LogP contribution in [-0.2, 0) is 4.79 Å². The number of rotatable bonds is 2. The summed E-state index contributed by atoms with van der Waals surface area (Å²) in [6, 6.07) is 0. The standard InChI is InChI=1S/C10H19NO.C2H6/c1-7-4-9(5-8(7)2)6-10(12)11-3;1-2/h7-9H,4-6H2,1-3H3,(H,11,12);1-2H3/t7-,8?,9?;/m0./s1. The summed E-state index contributed by atoms with van der Waals surface area (Å²) >= 11 is 0. The molecular formula is C12H25NO. The van der Waals surface area contributed by atoms with Crippen LogP contribution >= 0.6 is 0 Å². The van der Waals surface area contributed by atoms with Crippen LogP contribution in [0.3, 0.4) is 0 Å². The monoisotopic (exact) mass is 199 g/mol. The molecule has 0 heterocycles. The predicted octanol–water partition coefficient (Wildman–Crippen LogP) is 2.83. The lowest BCUT2D eigenvalue weighted by Gasteiger charge is -2.06. The van der Waals surface area contributed by atoms with E-state index in [-0.39, 0.29) is 5.91 Å². The van der Waals surface area contributed by atoms with E-state index < -0.39 is 0 Å². The van der Waals surface area contributed by atoms with Crippen molar-refractivity contribution in [2.45, 2.75) is 47.0 Å². The number of carbonyl (C=O) groups excluding carboxylic acids is 1. The number of nitrogens with one attached hydrogen (secondary N) is 1. The van der Waals surface area contributed by atoms with Gasteiger partial charge in [-0.2, -0.15) is 0 Å². The summed E-state index contributed by atoms with van der Waals surface area (Å²) in [4.78, 5) is 11.1. The van der Waals surface area contributed by atoms with Crippen molar-refractivity contribution in [3.63, 3.8) is 0 Å². The Labute approximate surface area is 88.5 Å². The van der Waals surface area contributed by atoms with Gasteiger partial charge in [-0.05, 0) is 30.6 Å². The van der Waals surface area contributed by atoms with E-state index in [0.717, 1.165) is 18.3 Å². The molecular weight excluding hydrogens is 174 g/mol. The lowest BCUT2D eigenvalue weighted by atomic mass is 10.0. The highest BCUT2D eigenvalue weighted by Crippen LogP contribution is 2.37. The lowest BCUT2D eigenvalue weighted by Crippen LogP contribution is -2.20. The van der Waals surface area contributed by atoms with Crippen molar-refractivity contribution < 1.29 is 4.79 Å². The van der Waals surface area contributed by atoms with Gasteiger partial charge < -0.3 is 5.32 Å². The first-order chi connectivity index (χ1) is 6.63. The number of carbonyl (C=O) groups is 1. The zero-order valence-electron chi connectivity index (χ0n) is 10.3. The predicted molar refractivity (Wildman–Crippen MR) is 61.1 cm³/mol. The van der Waals surface area contributed by atoms with Crippen molar-refractivity contribution >= 4 is 5.91 Å². The molecule has 3 atom stereocenters. The first-order valence-corrected chi connectivity index (χ1v) is 5.84.